The number of halogens is 2. The number of para-hydroxylation sites is 1. The Kier molecular flexibility index (Phi) is 3.92. The summed E-state index contributed by atoms with van der Waals surface area (Å²) in [6, 6.07) is 7.30. The average molecular weight is 365 g/mol. The Morgan fingerprint density at radius 3 is 2.78 bits per heavy atom. The van der Waals surface area contributed by atoms with E-state index in [2.05, 4.69) is 4.98 Å². The smallest absolute Gasteiger partial charge is 0.267 e. The van der Waals surface area contributed by atoms with E-state index in [1.807, 2.05) is 18.2 Å². The second kappa shape index (κ2) is 5.93. The quantitative estimate of drug-likeness (QED) is 0.616. The van der Waals surface area contributed by atoms with Gasteiger partial charge < -0.3 is 0 Å². The highest BCUT2D eigenvalue weighted by molar-refractivity contribution is 7.18. The second-order valence-electron chi connectivity index (χ2n) is 5.64. The SMILES string of the molecule is O=c1c2c3c(sc2nc(CCl)n1-c1ccccc1Cl)CCCC3. The van der Waals surface area contributed by atoms with E-state index in [0.717, 1.165) is 29.5 Å². The first kappa shape index (κ1) is 15.2. The summed E-state index contributed by atoms with van der Waals surface area (Å²) in [4.78, 5) is 20.0. The maximum atomic E-state index is 13.2. The molecular formula is C17H14Cl2N2OS. The molecule has 118 valence electrons. The van der Waals surface area contributed by atoms with Crippen LogP contribution in [0.5, 0.6) is 0 Å². The molecule has 2 aromatic heterocycles. The number of aryl methyl sites for hydroxylation is 2. The second-order valence-corrected chi connectivity index (χ2v) is 7.40. The maximum absolute atomic E-state index is 13.2. The first-order valence-electron chi connectivity index (χ1n) is 7.57. The first-order chi connectivity index (χ1) is 11.2. The van der Waals surface area contributed by atoms with E-state index in [9.17, 15) is 4.79 Å². The van der Waals surface area contributed by atoms with E-state index in [1.54, 1.807) is 22.0 Å². The largest absolute Gasteiger partial charge is 0.268 e. The van der Waals surface area contributed by atoms with Crippen LogP contribution in [-0.4, -0.2) is 9.55 Å². The van der Waals surface area contributed by atoms with E-state index < -0.39 is 0 Å². The van der Waals surface area contributed by atoms with Gasteiger partial charge in [0, 0.05) is 4.88 Å². The molecule has 1 aromatic carbocycles. The minimum absolute atomic E-state index is 0.0573. The van der Waals surface area contributed by atoms with Gasteiger partial charge in [0.2, 0.25) is 0 Å². The molecule has 4 rings (SSSR count). The van der Waals surface area contributed by atoms with Gasteiger partial charge >= 0.3 is 0 Å². The van der Waals surface area contributed by atoms with Crippen LogP contribution < -0.4 is 5.56 Å². The van der Waals surface area contributed by atoms with Crippen LogP contribution in [0.25, 0.3) is 15.9 Å². The number of hydrogen-bond donors (Lipinski definition) is 0. The van der Waals surface area contributed by atoms with Crippen molar-refractivity contribution < 1.29 is 0 Å². The molecule has 0 aliphatic heterocycles. The zero-order valence-corrected chi connectivity index (χ0v) is 14.6. The van der Waals surface area contributed by atoms with Gasteiger partial charge in [-0.1, -0.05) is 23.7 Å². The molecule has 0 fully saturated rings. The molecule has 1 aliphatic carbocycles. The predicted octanol–water partition coefficient (Wildman–Crippen LogP) is 4.72. The van der Waals surface area contributed by atoms with E-state index in [1.165, 1.54) is 16.9 Å². The first-order valence-corrected chi connectivity index (χ1v) is 9.30. The Hall–Kier alpha value is -1.36. The number of hydrogen-bond acceptors (Lipinski definition) is 3. The van der Waals surface area contributed by atoms with Gasteiger partial charge in [0.1, 0.15) is 10.7 Å². The third kappa shape index (κ3) is 2.40. The topological polar surface area (TPSA) is 34.9 Å². The number of fused-ring (bicyclic) bond motifs is 3. The van der Waals surface area contributed by atoms with E-state index >= 15 is 0 Å². The van der Waals surface area contributed by atoms with Gasteiger partial charge in [-0.05, 0) is 43.4 Å². The van der Waals surface area contributed by atoms with E-state index in [0.29, 0.717) is 16.5 Å². The van der Waals surface area contributed by atoms with Crippen LogP contribution in [0.3, 0.4) is 0 Å². The summed E-state index contributed by atoms with van der Waals surface area (Å²) in [5.74, 6) is 0.703. The Morgan fingerprint density at radius 2 is 2.00 bits per heavy atom. The third-order valence-corrected chi connectivity index (χ3v) is 6.02. The molecular weight excluding hydrogens is 351 g/mol. The van der Waals surface area contributed by atoms with Gasteiger partial charge in [-0.15, -0.1) is 22.9 Å². The van der Waals surface area contributed by atoms with Gasteiger partial charge in [0.05, 0.1) is 22.0 Å². The fourth-order valence-corrected chi connectivity index (χ4v) is 4.89. The van der Waals surface area contributed by atoms with Gasteiger partial charge in [-0.3, -0.25) is 9.36 Å². The molecule has 0 spiro atoms. The van der Waals surface area contributed by atoms with Crippen LogP contribution in [0.1, 0.15) is 29.1 Å². The van der Waals surface area contributed by atoms with Crippen molar-refractivity contribution in [2.45, 2.75) is 31.6 Å². The molecule has 1 aliphatic rings. The van der Waals surface area contributed by atoms with Crippen LogP contribution >= 0.6 is 34.5 Å². The van der Waals surface area contributed by atoms with Crippen LogP contribution in [0, 0.1) is 0 Å². The lowest BCUT2D eigenvalue weighted by Gasteiger charge is -2.13. The van der Waals surface area contributed by atoms with Crippen molar-refractivity contribution in [1.29, 1.82) is 0 Å². The number of benzene rings is 1. The molecule has 23 heavy (non-hydrogen) atoms. The lowest BCUT2D eigenvalue weighted by Crippen LogP contribution is -2.24. The molecule has 2 heterocycles. The molecule has 0 radical (unpaired) electrons. The summed E-state index contributed by atoms with van der Waals surface area (Å²) in [6.07, 6.45) is 4.30. The van der Waals surface area contributed by atoms with Crippen molar-refractivity contribution in [3.63, 3.8) is 0 Å². The van der Waals surface area contributed by atoms with E-state index in [4.69, 9.17) is 23.2 Å². The number of thiophene rings is 1. The lowest BCUT2D eigenvalue weighted by molar-refractivity contribution is 0.699. The maximum Gasteiger partial charge on any atom is 0.267 e. The highest BCUT2D eigenvalue weighted by Gasteiger charge is 2.22. The molecule has 0 unspecified atom stereocenters. The zero-order valence-electron chi connectivity index (χ0n) is 12.3. The van der Waals surface area contributed by atoms with Gasteiger partial charge in [0.15, 0.2) is 0 Å². The molecule has 3 nitrogen and oxygen atoms in total. The highest BCUT2D eigenvalue weighted by atomic mass is 35.5. The third-order valence-electron chi connectivity index (χ3n) is 4.27. The van der Waals surface area contributed by atoms with Crippen molar-refractivity contribution in [1.82, 2.24) is 9.55 Å². The van der Waals surface area contributed by atoms with Crippen molar-refractivity contribution in [2.75, 3.05) is 0 Å². The van der Waals surface area contributed by atoms with Crippen molar-refractivity contribution >= 4 is 44.8 Å². The summed E-state index contributed by atoms with van der Waals surface area (Å²) < 4.78 is 1.57. The number of rotatable bonds is 2. The minimum Gasteiger partial charge on any atom is -0.268 e. The molecule has 3 aromatic rings. The van der Waals surface area contributed by atoms with Crippen molar-refractivity contribution in [3.05, 3.63) is 55.9 Å². The molecule has 0 bridgehead atoms. The van der Waals surface area contributed by atoms with Crippen LogP contribution in [-0.2, 0) is 18.7 Å². The average Bonchev–Trinajstić information content (AvgIpc) is 2.94. The Morgan fingerprint density at radius 1 is 1.22 bits per heavy atom. The summed E-state index contributed by atoms with van der Waals surface area (Å²) in [6.45, 7) is 0. The fourth-order valence-electron chi connectivity index (χ4n) is 3.22. The summed E-state index contributed by atoms with van der Waals surface area (Å²) in [5.41, 5.74) is 1.76. The molecule has 0 saturated heterocycles. The standard InChI is InChI=1S/C17H14Cl2N2OS/c18-9-14-20-16-15(10-5-1-4-8-13(10)23-16)17(22)21(14)12-7-3-2-6-11(12)19/h2-3,6-7H,1,4-5,8-9H2. The van der Waals surface area contributed by atoms with Gasteiger partial charge in [-0.25, -0.2) is 4.98 Å². The number of nitrogens with zero attached hydrogens (tertiary/aromatic N) is 2. The summed E-state index contributed by atoms with van der Waals surface area (Å²) >= 11 is 14.0. The molecule has 6 heteroatoms. The summed E-state index contributed by atoms with van der Waals surface area (Å²) in [5, 5.41) is 1.27. The van der Waals surface area contributed by atoms with Crippen LogP contribution in [0.15, 0.2) is 29.1 Å². The molecule has 0 saturated carbocycles. The lowest BCUT2D eigenvalue weighted by atomic mass is 9.97. The number of alkyl halides is 1. The minimum atomic E-state index is -0.0573. The van der Waals surface area contributed by atoms with Crippen LogP contribution in [0.4, 0.5) is 0 Å². The predicted molar refractivity (Wildman–Crippen MR) is 96.4 cm³/mol. The Bertz CT molecular complexity index is 961. The van der Waals surface area contributed by atoms with E-state index in [-0.39, 0.29) is 11.4 Å². The van der Waals surface area contributed by atoms with Crippen molar-refractivity contribution in [2.24, 2.45) is 0 Å². The molecule has 0 atom stereocenters. The van der Waals surface area contributed by atoms with Crippen LogP contribution in [0.2, 0.25) is 5.02 Å². The zero-order chi connectivity index (χ0) is 16.0. The molecule has 0 N–H and O–H groups in total. The number of aromatic nitrogens is 2. The highest BCUT2D eigenvalue weighted by Crippen LogP contribution is 2.34. The Labute approximate surface area is 147 Å². The monoisotopic (exact) mass is 364 g/mol. The van der Waals surface area contributed by atoms with Crippen molar-refractivity contribution in [3.8, 4) is 5.69 Å². The Balaban J connectivity index is 2.10. The normalized spacial score (nSPS) is 14.2. The van der Waals surface area contributed by atoms with Gasteiger partial charge in [-0.2, -0.15) is 0 Å². The fraction of sp³-hybridized carbons (Fsp3) is 0.294. The van der Waals surface area contributed by atoms with Gasteiger partial charge in [0.25, 0.3) is 5.56 Å². The summed E-state index contributed by atoms with van der Waals surface area (Å²) in [7, 11) is 0. The molecule has 0 amide bonds.